The van der Waals surface area contributed by atoms with Gasteiger partial charge in [-0.15, -0.1) is 0 Å². The molecule has 2 aromatic rings. The highest BCUT2D eigenvalue weighted by atomic mass is 32.2. The van der Waals surface area contributed by atoms with E-state index < -0.39 is 11.6 Å². The molecule has 82 valence electrons. The number of halogens is 2. The highest BCUT2D eigenvalue weighted by Crippen LogP contribution is 2.33. The highest BCUT2D eigenvalue weighted by molar-refractivity contribution is 7.99. The van der Waals surface area contributed by atoms with Gasteiger partial charge in [-0.1, -0.05) is 11.8 Å². The van der Waals surface area contributed by atoms with Crippen LogP contribution in [0.5, 0.6) is 0 Å². The molecule has 0 atom stereocenters. The van der Waals surface area contributed by atoms with Crippen LogP contribution < -0.4 is 5.73 Å². The minimum atomic E-state index is -0.962. The maximum absolute atomic E-state index is 13.4. The average molecular weight is 239 g/mol. The number of nitrogens with zero attached hydrogens (tertiary/aromatic N) is 2. The van der Waals surface area contributed by atoms with E-state index in [1.165, 1.54) is 24.7 Å². The second-order valence-corrected chi connectivity index (χ2v) is 3.96. The smallest absolute Gasteiger partial charge is 0.174 e. The molecule has 0 radical (unpaired) electrons. The van der Waals surface area contributed by atoms with Gasteiger partial charge in [-0.2, -0.15) is 0 Å². The summed E-state index contributed by atoms with van der Waals surface area (Å²) < 4.78 is 26.4. The zero-order valence-electron chi connectivity index (χ0n) is 8.02. The molecule has 0 saturated carbocycles. The molecule has 0 unspecified atom stereocenters. The summed E-state index contributed by atoms with van der Waals surface area (Å²) >= 11 is 0.941. The molecule has 1 aromatic heterocycles. The topological polar surface area (TPSA) is 51.8 Å². The van der Waals surface area contributed by atoms with E-state index in [4.69, 9.17) is 5.73 Å². The molecule has 1 heterocycles. The molecule has 6 heteroatoms. The summed E-state index contributed by atoms with van der Waals surface area (Å²) in [5, 5.41) is 0.457. The summed E-state index contributed by atoms with van der Waals surface area (Å²) in [4.78, 5) is 7.79. The van der Waals surface area contributed by atoms with Gasteiger partial charge in [-0.3, -0.25) is 4.98 Å². The SMILES string of the molecule is Nc1ccc(F)c(F)c1Sc1cnccn1. The second-order valence-electron chi connectivity index (χ2n) is 2.93. The largest absolute Gasteiger partial charge is 0.398 e. The summed E-state index contributed by atoms with van der Waals surface area (Å²) in [5.41, 5.74) is 5.74. The fourth-order valence-corrected chi connectivity index (χ4v) is 1.90. The summed E-state index contributed by atoms with van der Waals surface area (Å²) in [6.45, 7) is 0. The Morgan fingerprint density at radius 1 is 1.19 bits per heavy atom. The van der Waals surface area contributed by atoms with Crippen molar-refractivity contribution in [2.75, 3.05) is 5.73 Å². The van der Waals surface area contributed by atoms with Gasteiger partial charge in [0.1, 0.15) is 5.03 Å². The molecule has 0 spiro atoms. The van der Waals surface area contributed by atoms with Crippen LogP contribution in [-0.4, -0.2) is 9.97 Å². The Labute approximate surface area is 94.7 Å². The monoisotopic (exact) mass is 239 g/mol. The number of hydrogen-bond donors (Lipinski definition) is 1. The lowest BCUT2D eigenvalue weighted by Gasteiger charge is -2.06. The molecule has 0 aliphatic heterocycles. The Balaban J connectivity index is 2.38. The van der Waals surface area contributed by atoms with Crippen molar-refractivity contribution in [1.82, 2.24) is 9.97 Å². The third-order valence-corrected chi connectivity index (χ3v) is 2.87. The minimum Gasteiger partial charge on any atom is -0.398 e. The van der Waals surface area contributed by atoms with Crippen LogP contribution in [0.15, 0.2) is 40.6 Å². The van der Waals surface area contributed by atoms with E-state index in [0.717, 1.165) is 17.8 Å². The molecule has 0 aliphatic carbocycles. The van der Waals surface area contributed by atoms with E-state index in [0.29, 0.717) is 5.03 Å². The van der Waals surface area contributed by atoms with Gasteiger partial charge in [0, 0.05) is 18.1 Å². The van der Waals surface area contributed by atoms with Crippen molar-refractivity contribution in [3.8, 4) is 0 Å². The van der Waals surface area contributed by atoms with E-state index in [1.54, 1.807) is 0 Å². The number of benzene rings is 1. The Hall–Kier alpha value is -1.69. The van der Waals surface area contributed by atoms with Crippen molar-refractivity contribution in [3.05, 3.63) is 42.4 Å². The van der Waals surface area contributed by atoms with Gasteiger partial charge < -0.3 is 5.73 Å². The number of hydrogen-bond acceptors (Lipinski definition) is 4. The predicted molar refractivity (Wildman–Crippen MR) is 56.9 cm³/mol. The number of aromatic nitrogens is 2. The van der Waals surface area contributed by atoms with E-state index in [1.807, 2.05) is 0 Å². The minimum absolute atomic E-state index is 0.0282. The van der Waals surface area contributed by atoms with Gasteiger partial charge in [-0.25, -0.2) is 13.8 Å². The van der Waals surface area contributed by atoms with Gasteiger partial charge in [0.05, 0.1) is 11.1 Å². The fourth-order valence-electron chi connectivity index (χ4n) is 1.09. The van der Waals surface area contributed by atoms with E-state index in [2.05, 4.69) is 9.97 Å². The fraction of sp³-hybridized carbons (Fsp3) is 0. The average Bonchev–Trinajstić information content (AvgIpc) is 2.31. The molecule has 16 heavy (non-hydrogen) atoms. The van der Waals surface area contributed by atoms with Crippen molar-refractivity contribution in [2.45, 2.75) is 9.92 Å². The molecule has 2 rings (SSSR count). The van der Waals surface area contributed by atoms with E-state index in [-0.39, 0.29) is 10.6 Å². The third kappa shape index (κ3) is 2.11. The Morgan fingerprint density at radius 2 is 2.00 bits per heavy atom. The van der Waals surface area contributed by atoms with Crippen LogP contribution in [0.3, 0.4) is 0 Å². The van der Waals surface area contributed by atoms with Crippen LogP contribution in [0.4, 0.5) is 14.5 Å². The van der Waals surface area contributed by atoms with E-state index in [9.17, 15) is 8.78 Å². The zero-order chi connectivity index (χ0) is 11.5. The number of rotatable bonds is 2. The molecule has 0 fully saturated rings. The first-order valence-corrected chi connectivity index (χ1v) is 5.17. The highest BCUT2D eigenvalue weighted by Gasteiger charge is 2.13. The summed E-state index contributed by atoms with van der Waals surface area (Å²) in [5.74, 6) is -1.89. The predicted octanol–water partition coefficient (Wildman–Crippen LogP) is 2.49. The number of anilines is 1. The molecule has 3 nitrogen and oxygen atoms in total. The molecular formula is C10H7F2N3S. The van der Waals surface area contributed by atoms with Crippen LogP contribution in [0.25, 0.3) is 0 Å². The van der Waals surface area contributed by atoms with Gasteiger partial charge in [0.15, 0.2) is 11.6 Å². The van der Waals surface area contributed by atoms with Crippen molar-refractivity contribution in [3.63, 3.8) is 0 Å². The molecule has 0 amide bonds. The molecular weight excluding hydrogens is 232 g/mol. The Kier molecular flexibility index (Phi) is 3.00. The van der Waals surface area contributed by atoms with Crippen LogP contribution in [0.1, 0.15) is 0 Å². The summed E-state index contributed by atoms with van der Waals surface area (Å²) in [6.07, 6.45) is 4.42. The Bertz CT molecular complexity index is 505. The van der Waals surface area contributed by atoms with Crippen LogP contribution >= 0.6 is 11.8 Å². The van der Waals surface area contributed by atoms with Gasteiger partial charge >= 0.3 is 0 Å². The van der Waals surface area contributed by atoms with Crippen molar-refractivity contribution in [1.29, 1.82) is 0 Å². The van der Waals surface area contributed by atoms with Crippen LogP contribution in [0, 0.1) is 11.6 Å². The lowest BCUT2D eigenvalue weighted by molar-refractivity contribution is 0.492. The Morgan fingerprint density at radius 3 is 2.69 bits per heavy atom. The maximum atomic E-state index is 13.4. The first kappa shape index (κ1) is 10.8. The third-order valence-electron chi connectivity index (χ3n) is 1.83. The van der Waals surface area contributed by atoms with Crippen molar-refractivity contribution < 1.29 is 8.78 Å². The standard InChI is InChI=1S/C10H7F2N3S/c11-6-1-2-7(13)10(9(6)12)16-8-5-14-3-4-15-8/h1-5H,13H2. The lowest BCUT2D eigenvalue weighted by Crippen LogP contribution is -1.95. The molecule has 2 N–H and O–H groups in total. The summed E-state index contributed by atoms with van der Waals surface area (Å²) in [6, 6.07) is 2.31. The van der Waals surface area contributed by atoms with E-state index >= 15 is 0 Å². The number of nitrogen functional groups attached to an aromatic ring is 1. The molecule has 1 aromatic carbocycles. The molecule has 0 aliphatic rings. The first-order chi connectivity index (χ1) is 7.68. The van der Waals surface area contributed by atoms with Crippen molar-refractivity contribution >= 4 is 17.4 Å². The van der Waals surface area contributed by atoms with Gasteiger partial charge in [0.25, 0.3) is 0 Å². The first-order valence-electron chi connectivity index (χ1n) is 4.36. The van der Waals surface area contributed by atoms with Gasteiger partial charge in [-0.05, 0) is 12.1 Å². The van der Waals surface area contributed by atoms with Gasteiger partial charge in [0.2, 0.25) is 0 Å². The quantitative estimate of drug-likeness (QED) is 0.818. The normalized spacial score (nSPS) is 10.4. The number of nitrogens with two attached hydrogens (primary N) is 1. The van der Waals surface area contributed by atoms with Crippen molar-refractivity contribution in [2.24, 2.45) is 0 Å². The molecule has 0 bridgehead atoms. The van der Waals surface area contributed by atoms with Crippen LogP contribution in [0.2, 0.25) is 0 Å². The molecule has 0 saturated heterocycles. The second kappa shape index (κ2) is 4.44. The summed E-state index contributed by atoms with van der Waals surface area (Å²) in [7, 11) is 0. The maximum Gasteiger partial charge on any atom is 0.174 e. The van der Waals surface area contributed by atoms with Crippen LogP contribution in [-0.2, 0) is 0 Å². The zero-order valence-corrected chi connectivity index (χ0v) is 8.84. The lowest BCUT2D eigenvalue weighted by atomic mass is 10.3.